The SMILES string of the molecule is COc1ccc(OC)c(-c2nc(C)nc(N)c2C)c1. The molecule has 0 spiro atoms. The van der Waals surface area contributed by atoms with E-state index in [4.69, 9.17) is 15.2 Å². The average molecular weight is 259 g/mol. The van der Waals surface area contributed by atoms with Crippen LogP contribution >= 0.6 is 0 Å². The van der Waals surface area contributed by atoms with Crippen LogP contribution < -0.4 is 15.2 Å². The summed E-state index contributed by atoms with van der Waals surface area (Å²) in [5.74, 6) is 2.57. The van der Waals surface area contributed by atoms with Gasteiger partial charge < -0.3 is 15.2 Å². The summed E-state index contributed by atoms with van der Waals surface area (Å²) in [6.45, 7) is 3.70. The Morgan fingerprint density at radius 1 is 1.05 bits per heavy atom. The Kier molecular flexibility index (Phi) is 3.55. The van der Waals surface area contributed by atoms with Gasteiger partial charge in [0.25, 0.3) is 0 Å². The van der Waals surface area contributed by atoms with Crippen molar-refractivity contribution < 1.29 is 9.47 Å². The molecule has 2 N–H and O–H groups in total. The molecule has 0 aliphatic rings. The minimum absolute atomic E-state index is 0.479. The number of nitrogen functional groups attached to an aromatic ring is 1. The predicted molar refractivity (Wildman–Crippen MR) is 74.5 cm³/mol. The fourth-order valence-electron chi connectivity index (χ4n) is 1.91. The molecule has 0 bridgehead atoms. The third kappa shape index (κ3) is 2.45. The highest BCUT2D eigenvalue weighted by atomic mass is 16.5. The molecule has 0 aliphatic carbocycles. The van der Waals surface area contributed by atoms with Gasteiger partial charge in [0.1, 0.15) is 23.1 Å². The Morgan fingerprint density at radius 3 is 2.42 bits per heavy atom. The average Bonchev–Trinajstić information content (AvgIpc) is 2.42. The second-order valence-corrected chi connectivity index (χ2v) is 4.20. The van der Waals surface area contributed by atoms with Gasteiger partial charge in [-0.2, -0.15) is 0 Å². The maximum Gasteiger partial charge on any atom is 0.130 e. The third-order valence-electron chi connectivity index (χ3n) is 2.96. The molecule has 0 radical (unpaired) electrons. The lowest BCUT2D eigenvalue weighted by Crippen LogP contribution is -2.03. The standard InChI is InChI=1S/C14H17N3O2/c1-8-13(16-9(2)17-14(8)15)11-7-10(18-3)5-6-12(11)19-4/h5-7H,1-4H3,(H2,15,16,17). The fraction of sp³-hybridized carbons (Fsp3) is 0.286. The first-order valence-corrected chi connectivity index (χ1v) is 5.90. The van der Waals surface area contributed by atoms with Gasteiger partial charge in [0.05, 0.1) is 19.9 Å². The molecule has 19 heavy (non-hydrogen) atoms. The molecule has 1 heterocycles. The quantitative estimate of drug-likeness (QED) is 0.916. The number of nitrogens with zero attached hydrogens (tertiary/aromatic N) is 2. The molecule has 0 saturated carbocycles. The monoisotopic (exact) mass is 259 g/mol. The molecule has 2 rings (SSSR count). The molecule has 100 valence electrons. The van der Waals surface area contributed by atoms with E-state index in [9.17, 15) is 0 Å². The molecule has 0 aliphatic heterocycles. The second kappa shape index (κ2) is 5.14. The Balaban J connectivity index is 2.69. The maximum absolute atomic E-state index is 5.90. The van der Waals surface area contributed by atoms with Gasteiger partial charge in [-0.25, -0.2) is 9.97 Å². The van der Waals surface area contributed by atoms with E-state index < -0.39 is 0 Å². The van der Waals surface area contributed by atoms with Crippen molar-refractivity contribution in [3.05, 3.63) is 29.6 Å². The van der Waals surface area contributed by atoms with Crippen LogP contribution in [0.2, 0.25) is 0 Å². The molecule has 0 unspecified atom stereocenters. The van der Waals surface area contributed by atoms with Crippen LogP contribution in [0.5, 0.6) is 11.5 Å². The van der Waals surface area contributed by atoms with E-state index in [2.05, 4.69) is 9.97 Å². The van der Waals surface area contributed by atoms with Crippen molar-refractivity contribution in [2.75, 3.05) is 20.0 Å². The number of methoxy groups -OCH3 is 2. The number of nitrogens with two attached hydrogens (primary N) is 1. The summed E-state index contributed by atoms with van der Waals surface area (Å²) in [7, 11) is 3.25. The van der Waals surface area contributed by atoms with Crippen molar-refractivity contribution >= 4 is 5.82 Å². The first-order valence-electron chi connectivity index (χ1n) is 5.90. The smallest absolute Gasteiger partial charge is 0.130 e. The van der Waals surface area contributed by atoms with Crippen LogP contribution in [0.1, 0.15) is 11.4 Å². The summed E-state index contributed by atoms with van der Waals surface area (Å²) in [6.07, 6.45) is 0. The highest BCUT2D eigenvalue weighted by Gasteiger charge is 2.14. The zero-order chi connectivity index (χ0) is 14.0. The molecule has 2 aromatic rings. The molecule has 5 heteroatoms. The van der Waals surface area contributed by atoms with Gasteiger partial charge in [-0.1, -0.05) is 0 Å². The van der Waals surface area contributed by atoms with Crippen molar-refractivity contribution in [3.63, 3.8) is 0 Å². The lowest BCUT2D eigenvalue weighted by molar-refractivity contribution is 0.404. The van der Waals surface area contributed by atoms with E-state index >= 15 is 0 Å². The molecule has 0 saturated heterocycles. The van der Waals surface area contributed by atoms with Crippen LogP contribution in [0.15, 0.2) is 18.2 Å². The number of hydrogen-bond acceptors (Lipinski definition) is 5. The zero-order valence-electron chi connectivity index (χ0n) is 11.5. The first kappa shape index (κ1) is 13.1. The van der Waals surface area contributed by atoms with E-state index in [0.717, 1.165) is 28.3 Å². The molecule has 0 atom stereocenters. The number of ether oxygens (including phenoxy) is 2. The highest BCUT2D eigenvalue weighted by molar-refractivity contribution is 5.74. The van der Waals surface area contributed by atoms with Crippen LogP contribution in [0.4, 0.5) is 5.82 Å². The molecule has 1 aromatic carbocycles. The third-order valence-corrected chi connectivity index (χ3v) is 2.96. The molecular weight excluding hydrogens is 242 g/mol. The van der Waals surface area contributed by atoms with Gasteiger partial charge in [0.2, 0.25) is 0 Å². The molecule has 0 amide bonds. The van der Waals surface area contributed by atoms with E-state index in [1.54, 1.807) is 14.2 Å². The number of aromatic nitrogens is 2. The predicted octanol–water partition coefficient (Wildman–Crippen LogP) is 2.36. The van der Waals surface area contributed by atoms with Crippen molar-refractivity contribution in [2.24, 2.45) is 0 Å². The van der Waals surface area contributed by atoms with Crippen LogP contribution in [-0.4, -0.2) is 24.2 Å². The van der Waals surface area contributed by atoms with Gasteiger partial charge >= 0.3 is 0 Å². The highest BCUT2D eigenvalue weighted by Crippen LogP contribution is 2.35. The van der Waals surface area contributed by atoms with Gasteiger partial charge in [-0.15, -0.1) is 0 Å². The van der Waals surface area contributed by atoms with Crippen LogP contribution in [0, 0.1) is 13.8 Å². The normalized spacial score (nSPS) is 10.3. The first-order chi connectivity index (χ1) is 9.06. The van der Waals surface area contributed by atoms with Crippen molar-refractivity contribution in [1.29, 1.82) is 0 Å². The summed E-state index contributed by atoms with van der Waals surface area (Å²) in [4.78, 5) is 8.61. The Hall–Kier alpha value is -2.30. The number of anilines is 1. The van der Waals surface area contributed by atoms with Crippen molar-refractivity contribution in [3.8, 4) is 22.8 Å². The maximum atomic E-state index is 5.90. The van der Waals surface area contributed by atoms with E-state index in [1.807, 2.05) is 32.0 Å². The number of benzene rings is 1. The lowest BCUT2D eigenvalue weighted by Gasteiger charge is -2.13. The van der Waals surface area contributed by atoms with Gasteiger partial charge in [0.15, 0.2) is 0 Å². The Labute approximate surface area is 112 Å². The molecule has 1 aromatic heterocycles. The molecular formula is C14H17N3O2. The molecule has 5 nitrogen and oxygen atoms in total. The molecule has 0 fully saturated rings. The van der Waals surface area contributed by atoms with Crippen molar-refractivity contribution in [1.82, 2.24) is 9.97 Å². The Bertz CT molecular complexity index is 612. The minimum atomic E-state index is 0.479. The van der Waals surface area contributed by atoms with Crippen LogP contribution in [0.25, 0.3) is 11.3 Å². The summed E-state index contributed by atoms with van der Waals surface area (Å²) < 4.78 is 10.6. The van der Waals surface area contributed by atoms with Crippen molar-refractivity contribution in [2.45, 2.75) is 13.8 Å². The number of aryl methyl sites for hydroxylation is 1. The summed E-state index contributed by atoms with van der Waals surface area (Å²) in [5, 5.41) is 0. The second-order valence-electron chi connectivity index (χ2n) is 4.20. The van der Waals surface area contributed by atoms with Crippen LogP contribution in [0.3, 0.4) is 0 Å². The van der Waals surface area contributed by atoms with Gasteiger partial charge in [-0.3, -0.25) is 0 Å². The number of hydrogen-bond donors (Lipinski definition) is 1. The summed E-state index contributed by atoms with van der Waals surface area (Å²) >= 11 is 0. The minimum Gasteiger partial charge on any atom is -0.497 e. The zero-order valence-corrected chi connectivity index (χ0v) is 11.5. The van der Waals surface area contributed by atoms with E-state index in [0.29, 0.717) is 11.6 Å². The Morgan fingerprint density at radius 2 is 1.79 bits per heavy atom. The van der Waals surface area contributed by atoms with E-state index in [-0.39, 0.29) is 0 Å². The number of rotatable bonds is 3. The summed E-state index contributed by atoms with van der Waals surface area (Å²) in [5.41, 5.74) is 8.34. The van der Waals surface area contributed by atoms with E-state index in [1.165, 1.54) is 0 Å². The topological polar surface area (TPSA) is 70.3 Å². The lowest BCUT2D eigenvalue weighted by atomic mass is 10.1. The fourth-order valence-corrected chi connectivity index (χ4v) is 1.91. The van der Waals surface area contributed by atoms with Crippen LogP contribution in [-0.2, 0) is 0 Å². The summed E-state index contributed by atoms with van der Waals surface area (Å²) in [6, 6.07) is 5.57. The van der Waals surface area contributed by atoms with Gasteiger partial charge in [0, 0.05) is 11.1 Å². The largest absolute Gasteiger partial charge is 0.497 e. The van der Waals surface area contributed by atoms with Gasteiger partial charge in [-0.05, 0) is 32.0 Å².